The van der Waals surface area contributed by atoms with Gasteiger partial charge >= 0.3 is 0 Å². The van der Waals surface area contributed by atoms with E-state index < -0.39 is 0 Å². The average molecular weight is 265 g/mol. The molecule has 19 heavy (non-hydrogen) atoms. The molecule has 4 nitrogen and oxygen atoms in total. The second-order valence-electron chi connectivity index (χ2n) is 5.59. The van der Waals surface area contributed by atoms with E-state index in [0.717, 1.165) is 38.9 Å². The molecule has 4 heteroatoms. The normalized spacial score (nSPS) is 24.0. The molecule has 2 atom stereocenters. The summed E-state index contributed by atoms with van der Waals surface area (Å²) < 4.78 is 1.97. The Morgan fingerprint density at radius 2 is 2.16 bits per heavy atom. The van der Waals surface area contributed by atoms with E-state index in [1.807, 2.05) is 10.9 Å². The van der Waals surface area contributed by atoms with Crippen molar-refractivity contribution in [1.29, 1.82) is 0 Å². The highest BCUT2D eigenvalue weighted by Gasteiger charge is 2.28. The van der Waals surface area contributed by atoms with Gasteiger partial charge in [0.1, 0.15) is 0 Å². The molecule has 0 aromatic carbocycles. The number of hydrogen-bond acceptors (Lipinski definition) is 3. The third kappa shape index (κ3) is 3.80. The summed E-state index contributed by atoms with van der Waals surface area (Å²) >= 11 is 0. The minimum absolute atomic E-state index is 0.151. The Bertz CT molecular complexity index is 377. The molecular formula is C15H27N3O. The molecule has 0 radical (unpaired) electrons. The maximum absolute atomic E-state index is 10.2. The first kappa shape index (κ1) is 14.5. The second-order valence-corrected chi connectivity index (χ2v) is 5.59. The molecule has 0 amide bonds. The van der Waals surface area contributed by atoms with Crippen LogP contribution in [-0.4, -0.2) is 38.5 Å². The fourth-order valence-electron chi connectivity index (χ4n) is 3.06. The number of nitrogens with zero attached hydrogens (tertiary/aromatic N) is 3. The molecule has 0 spiro atoms. The summed E-state index contributed by atoms with van der Waals surface area (Å²) in [6.45, 7) is 7.19. The first-order valence-electron chi connectivity index (χ1n) is 7.68. The largest absolute Gasteiger partial charge is 0.391 e. The van der Waals surface area contributed by atoms with Crippen LogP contribution in [0.25, 0.3) is 0 Å². The highest BCUT2D eigenvalue weighted by atomic mass is 16.3. The van der Waals surface area contributed by atoms with Crippen molar-refractivity contribution in [2.75, 3.05) is 6.54 Å². The van der Waals surface area contributed by atoms with Gasteiger partial charge in [-0.05, 0) is 32.7 Å². The second kappa shape index (κ2) is 7.06. The van der Waals surface area contributed by atoms with Gasteiger partial charge in [0.15, 0.2) is 0 Å². The quantitative estimate of drug-likeness (QED) is 0.859. The molecule has 108 valence electrons. The minimum atomic E-state index is -0.151. The molecule has 1 N–H and O–H groups in total. The van der Waals surface area contributed by atoms with E-state index in [0.29, 0.717) is 6.04 Å². The van der Waals surface area contributed by atoms with Crippen molar-refractivity contribution in [3.05, 3.63) is 18.0 Å². The number of aryl methyl sites for hydroxylation is 1. The lowest BCUT2D eigenvalue weighted by Gasteiger charge is -2.37. The van der Waals surface area contributed by atoms with E-state index in [9.17, 15) is 5.11 Å². The monoisotopic (exact) mass is 265 g/mol. The maximum atomic E-state index is 10.2. The van der Waals surface area contributed by atoms with Crippen LogP contribution < -0.4 is 0 Å². The Hall–Kier alpha value is -0.870. The molecule has 1 saturated carbocycles. The molecule has 0 saturated heterocycles. The van der Waals surface area contributed by atoms with E-state index >= 15 is 0 Å². The summed E-state index contributed by atoms with van der Waals surface area (Å²) in [5.41, 5.74) is 1.26. The smallest absolute Gasteiger partial charge is 0.0695 e. The summed E-state index contributed by atoms with van der Waals surface area (Å²) in [6.07, 6.45) is 9.57. The molecule has 0 unspecified atom stereocenters. The van der Waals surface area contributed by atoms with E-state index in [1.165, 1.54) is 18.4 Å². The van der Waals surface area contributed by atoms with Gasteiger partial charge in [-0.1, -0.05) is 19.8 Å². The summed E-state index contributed by atoms with van der Waals surface area (Å²) in [7, 11) is 0. The highest BCUT2D eigenvalue weighted by molar-refractivity contribution is 5.04. The van der Waals surface area contributed by atoms with Crippen LogP contribution >= 0.6 is 0 Å². The molecule has 2 rings (SSSR count). The predicted octanol–water partition coefficient (Wildman–Crippen LogP) is 2.42. The maximum Gasteiger partial charge on any atom is 0.0695 e. The zero-order valence-electron chi connectivity index (χ0n) is 12.3. The molecule has 1 heterocycles. The topological polar surface area (TPSA) is 41.3 Å². The summed E-state index contributed by atoms with van der Waals surface area (Å²) in [5.74, 6) is 0. The van der Waals surface area contributed by atoms with E-state index in [4.69, 9.17) is 0 Å². The molecule has 0 aliphatic heterocycles. The average Bonchev–Trinajstić information content (AvgIpc) is 2.87. The van der Waals surface area contributed by atoms with Gasteiger partial charge < -0.3 is 5.11 Å². The molecule has 1 fully saturated rings. The Morgan fingerprint density at radius 3 is 2.79 bits per heavy atom. The van der Waals surface area contributed by atoms with Crippen molar-refractivity contribution in [1.82, 2.24) is 14.7 Å². The fourth-order valence-corrected chi connectivity index (χ4v) is 3.06. The van der Waals surface area contributed by atoms with Crippen LogP contribution in [-0.2, 0) is 13.1 Å². The molecule has 1 aliphatic rings. The Kier molecular flexibility index (Phi) is 5.40. The van der Waals surface area contributed by atoms with Crippen molar-refractivity contribution in [2.24, 2.45) is 0 Å². The number of aliphatic hydroxyl groups excluding tert-OH is 1. The number of rotatable bonds is 6. The Balaban J connectivity index is 2.02. The van der Waals surface area contributed by atoms with Crippen LogP contribution in [0.1, 0.15) is 51.5 Å². The van der Waals surface area contributed by atoms with Crippen molar-refractivity contribution in [3.63, 3.8) is 0 Å². The van der Waals surface area contributed by atoms with Gasteiger partial charge in [0.2, 0.25) is 0 Å². The zero-order valence-corrected chi connectivity index (χ0v) is 12.3. The summed E-state index contributed by atoms with van der Waals surface area (Å²) in [5, 5.41) is 14.6. The summed E-state index contributed by atoms with van der Waals surface area (Å²) in [6, 6.07) is 0.332. The van der Waals surface area contributed by atoms with Crippen molar-refractivity contribution < 1.29 is 5.11 Å². The zero-order chi connectivity index (χ0) is 13.7. The van der Waals surface area contributed by atoms with E-state index in [-0.39, 0.29) is 6.10 Å². The Morgan fingerprint density at radius 1 is 1.37 bits per heavy atom. The lowest BCUT2D eigenvalue weighted by Crippen LogP contribution is -2.45. The van der Waals surface area contributed by atoms with Crippen LogP contribution in [0.3, 0.4) is 0 Å². The standard InChI is InChI=1S/C15H27N3O/c1-3-9-17(14-7-5-6-8-15(14)19)11-13-10-16-18(4-2)12-13/h10,12,14-15,19H,3-9,11H2,1-2H3/t14-,15-/m1/s1. The SMILES string of the molecule is CCCN(Cc1cnn(CC)c1)[C@@H]1CCCC[C@H]1O. The van der Waals surface area contributed by atoms with Crippen molar-refractivity contribution >= 4 is 0 Å². The van der Waals surface area contributed by atoms with Crippen LogP contribution in [0.4, 0.5) is 0 Å². The van der Waals surface area contributed by atoms with Gasteiger partial charge in [0.25, 0.3) is 0 Å². The lowest BCUT2D eigenvalue weighted by molar-refractivity contribution is 0.0156. The molecular weight excluding hydrogens is 238 g/mol. The fraction of sp³-hybridized carbons (Fsp3) is 0.800. The Labute approximate surface area is 116 Å². The first-order chi connectivity index (χ1) is 9.24. The van der Waals surface area contributed by atoms with Crippen molar-refractivity contribution in [2.45, 2.75) is 71.2 Å². The van der Waals surface area contributed by atoms with Crippen LogP contribution in [0.2, 0.25) is 0 Å². The van der Waals surface area contributed by atoms with E-state index in [2.05, 4.69) is 30.0 Å². The molecule has 1 aromatic heterocycles. The molecule has 1 aromatic rings. The predicted molar refractivity (Wildman–Crippen MR) is 76.9 cm³/mol. The molecule has 0 bridgehead atoms. The van der Waals surface area contributed by atoms with Gasteiger partial charge in [0.05, 0.1) is 12.3 Å². The number of aromatic nitrogens is 2. The van der Waals surface area contributed by atoms with Crippen LogP contribution in [0, 0.1) is 0 Å². The van der Waals surface area contributed by atoms with Gasteiger partial charge in [0, 0.05) is 30.9 Å². The summed E-state index contributed by atoms with van der Waals surface area (Å²) in [4.78, 5) is 2.45. The van der Waals surface area contributed by atoms with Gasteiger partial charge in [-0.15, -0.1) is 0 Å². The third-order valence-electron chi connectivity index (χ3n) is 4.07. The number of hydrogen-bond donors (Lipinski definition) is 1. The van der Waals surface area contributed by atoms with Gasteiger partial charge in [-0.25, -0.2) is 0 Å². The highest BCUT2D eigenvalue weighted by Crippen LogP contribution is 2.24. The van der Waals surface area contributed by atoms with Gasteiger partial charge in [-0.3, -0.25) is 9.58 Å². The van der Waals surface area contributed by atoms with Crippen molar-refractivity contribution in [3.8, 4) is 0 Å². The van der Waals surface area contributed by atoms with Gasteiger partial charge in [-0.2, -0.15) is 5.10 Å². The molecule has 1 aliphatic carbocycles. The lowest BCUT2D eigenvalue weighted by atomic mass is 9.91. The van der Waals surface area contributed by atoms with Crippen LogP contribution in [0.15, 0.2) is 12.4 Å². The van der Waals surface area contributed by atoms with Crippen LogP contribution in [0.5, 0.6) is 0 Å². The van der Waals surface area contributed by atoms with E-state index in [1.54, 1.807) is 0 Å². The third-order valence-corrected chi connectivity index (χ3v) is 4.07. The number of aliphatic hydroxyl groups is 1. The first-order valence-corrected chi connectivity index (χ1v) is 7.68. The minimum Gasteiger partial charge on any atom is -0.391 e.